The van der Waals surface area contributed by atoms with E-state index in [1.54, 1.807) is 58.9 Å². The molecule has 0 saturated heterocycles. The number of nitrogens with zero attached hydrogens (tertiary/aromatic N) is 1. The Kier molecular flexibility index (Phi) is 10.1. The van der Waals surface area contributed by atoms with Crippen LogP contribution in [0.15, 0.2) is 48.5 Å². The number of anilines is 1. The highest BCUT2D eigenvalue weighted by molar-refractivity contribution is 6.00. The fourth-order valence-electron chi connectivity index (χ4n) is 4.01. The van der Waals surface area contributed by atoms with Crippen molar-refractivity contribution >= 4 is 23.6 Å². The predicted octanol–water partition coefficient (Wildman–Crippen LogP) is 5.56. The molecular formula is C29H41N3O5. The van der Waals surface area contributed by atoms with Crippen LogP contribution in [-0.4, -0.2) is 45.6 Å². The predicted molar refractivity (Wildman–Crippen MR) is 145 cm³/mol. The van der Waals surface area contributed by atoms with E-state index in [1.165, 1.54) is 11.0 Å². The summed E-state index contributed by atoms with van der Waals surface area (Å²) in [5, 5.41) is 16.4. The molecule has 8 heteroatoms. The number of carbonyl (C=O) groups excluding carboxylic acids is 3. The molecule has 8 nitrogen and oxygen atoms in total. The van der Waals surface area contributed by atoms with Crippen molar-refractivity contribution in [1.82, 2.24) is 10.2 Å². The molecular weight excluding hydrogens is 470 g/mol. The number of ether oxygens (including phenoxy) is 1. The first-order valence-electron chi connectivity index (χ1n) is 12.7. The molecule has 0 aromatic heterocycles. The second-order valence-corrected chi connectivity index (χ2v) is 10.6. The van der Waals surface area contributed by atoms with Crippen molar-refractivity contribution in [3.63, 3.8) is 0 Å². The Morgan fingerprint density at radius 2 is 1.59 bits per heavy atom. The molecule has 2 aromatic carbocycles. The van der Waals surface area contributed by atoms with E-state index in [4.69, 9.17) is 4.74 Å². The molecule has 0 aliphatic rings. The average Bonchev–Trinajstić information content (AvgIpc) is 2.80. The minimum Gasteiger partial charge on any atom is -0.508 e. The molecule has 3 unspecified atom stereocenters. The SMILES string of the molecule is CCC(C)C(NC(=O)OC(C)(C)C)C(=O)N(C(C)C)C(C(=O)Nc1ccccc1C)c1ccccc1O. The number of rotatable bonds is 9. The van der Waals surface area contributed by atoms with Crippen LogP contribution in [0.25, 0.3) is 0 Å². The van der Waals surface area contributed by atoms with Gasteiger partial charge >= 0.3 is 6.09 Å². The zero-order valence-corrected chi connectivity index (χ0v) is 23.2. The molecule has 0 radical (unpaired) electrons. The summed E-state index contributed by atoms with van der Waals surface area (Å²) in [4.78, 5) is 42.0. The molecule has 202 valence electrons. The van der Waals surface area contributed by atoms with Crippen LogP contribution in [0.1, 0.15) is 72.1 Å². The lowest BCUT2D eigenvalue weighted by Crippen LogP contribution is -2.56. The molecule has 37 heavy (non-hydrogen) atoms. The largest absolute Gasteiger partial charge is 0.508 e. The first kappa shape index (κ1) is 29.7. The van der Waals surface area contributed by atoms with E-state index >= 15 is 0 Å². The Morgan fingerprint density at radius 3 is 2.14 bits per heavy atom. The number of hydrogen-bond acceptors (Lipinski definition) is 5. The van der Waals surface area contributed by atoms with Crippen molar-refractivity contribution in [2.45, 2.75) is 85.5 Å². The number of carbonyl (C=O) groups is 3. The summed E-state index contributed by atoms with van der Waals surface area (Å²) in [5.41, 5.74) is 1.01. The van der Waals surface area contributed by atoms with Gasteiger partial charge < -0.3 is 25.4 Å². The summed E-state index contributed by atoms with van der Waals surface area (Å²) in [5.74, 6) is -1.27. The lowest BCUT2D eigenvalue weighted by molar-refractivity contribution is -0.144. The molecule has 0 aliphatic heterocycles. The zero-order valence-electron chi connectivity index (χ0n) is 23.2. The lowest BCUT2D eigenvalue weighted by Gasteiger charge is -2.38. The normalized spacial score (nSPS) is 13.9. The summed E-state index contributed by atoms with van der Waals surface area (Å²) in [6.45, 7) is 14.5. The van der Waals surface area contributed by atoms with Crippen LogP contribution >= 0.6 is 0 Å². The van der Waals surface area contributed by atoms with Gasteiger partial charge in [0.05, 0.1) is 0 Å². The van der Waals surface area contributed by atoms with Gasteiger partial charge in [0.1, 0.15) is 23.4 Å². The second-order valence-electron chi connectivity index (χ2n) is 10.6. The number of hydrogen-bond donors (Lipinski definition) is 3. The van der Waals surface area contributed by atoms with E-state index in [9.17, 15) is 19.5 Å². The van der Waals surface area contributed by atoms with Gasteiger partial charge in [-0.1, -0.05) is 56.7 Å². The fraction of sp³-hybridized carbons (Fsp3) is 0.483. The molecule has 3 N–H and O–H groups in total. The molecule has 2 aromatic rings. The Hall–Kier alpha value is -3.55. The minimum absolute atomic E-state index is 0.105. The molecule has 0 spiro atoms. The topological polar surface area (TPSA) is 108 Å². The number of aryl methyl sites for hydroxylation is 1. The van der Waals surface area contributed by atoms with Crippen LogP contribution in [0.5, 0.6) is 5.75 Å². The van der Waals surface area contributed by atoms with Crippen molar-refractivity contribution in [2.24, 2.45) is 5.92 Å². The van der Waals surface area contributed by atoms with Crippen LogP contribution in [0.3, 0.4) is 0 Å². The zero-order chi connectivity index (χ0) is 27.9. The maximum atomic E-state index is 14.1. The first-order valence-corrected chi connectivity index (χ1v) is 12.7. The first-order chi connectivity index (χ1) is 17.3. The van der Waals surface area contributed by atoms with Gasteiger partial charge in [-0.15, -0.1) is 0 Å². The van der Waals surface area contributed by atoms with Crippen LogP contribution in [0.2, 0.25) is 0 Å². The van der Waals surface area contributed by atoms with E-state index in [-0.39, 0.29) is 17.2 Å². The van der Waals surface area contributed by atoms with Crippen molar-refractivity contribution in [1.29, 1.82) is 0 Å². The van der Waals surface area contributed by atoms with Gasteiger partial charge in [0.2, 0.25) is 5.91 Å². The smallest absolute Gasteiger partial charge is 0.408 e. The second kappa shape index (κ2) is 12.6. The van der Waals surface area contributed by atoms with E-state index in [2.05, 4.69) is 10.6 Å². The van der Waals surface area contributed by atoms with E-state index in [0.717, 1.165) is 5.56 Å². The number of phenols is 1. The maximum absolute atomic E-state index is 14.1. The molecule has 0 heterocycles. The Balaban J connectivity index is 2.56. The van der Waals surface area contributed by atoms with E-state index in [1.807, 2.05) is 39.0 Å². The third-order valence-corrected chi connectivity index (χ3v) is 6.12. The minimum atomic E-state index is -1.15. The highest BCUT2D eigenvalue weighted by Crippen LogP contribution is 2.33. The Bertz CT molecular complexity index is 1090. The number of alkyl carbamates (subject to hydrolysis) is 1. The van der Waals surface area contributed by atoms with Crippen LogP contribution in [0, 0.1) is 12.8 Å². The molecule has 0 aliphatic carbocycles. The quantitative estimate of drug-likeness (QED) is 0.409. The monoisotopic (exact) mass is 511 g/mol. The number of aromatic hydroxyl groups is 1. The number of amides is 3. The van der Waals surface area contributed by atoms with E-state index < -0.39 is 41.6 Å². The van der Waals surface area contributed by atoms with Crippen LogP contribution in [0.4, 0.5) is 10.5 Å². The third kappa shape index (κ3) is 7.97. The third-order valence-electron chi connectivity index (χ3n) is 6.12. The number of benzene rings is 2. The summed E-state index contributed by atoms with van der Waals surface area (Å²) >= 11 is 0. The highest BCUT2D eigenvalue weighted by atomic mass is 16.6. The van der Waals surface area contributed by atoms with Crippen molar-refractivity contribution in [3.8, 4) is 5.75 Å². The van der Waals surface area contributed by atoms with Gasteiger partial charge in [-0.2, -0.15) is 0 Å². The molecule has 2 rings (SSSR count). The average molecular weight is 512 g/mol. The molecule has 0 fully saturated rings. The number of para-hydroxylation sites is 2. The van der Waals surface area contributed by atoms with Crippen LogP contribution in [-0.2, 0) is 14.3 Å². The summed E-state index contributed by atoms with van der Waals surface area (Å²) in [7, 11) is 0. The summed E-state index contributed by atoms with van der Waals surface area (Å²) in [6, 6.07) is 11.3. The molecule has 0 bridgehead atoms. The Morgan fingerprint density at radius 1 is 1.00 bits per heavy atom. The van der Waals surface area contributed by atoms with Gasteiger partial charge in [0, 0.05) is 17.3 Å². The molecule has 0 saturated carbocycles. The van der Waals surface area contributed by atoms with Gasteiger partial charge in [-0.05, 0) is 65.2 Å². The van der Waals surface area contributed by atoms with Gasteiger partial charge in [-0.25, -0.2) is 4.79 Å². The number of nitrogens with one attached hydrogen (secondary N) is 2. The van der Waals surface area contributed by atoms with Crippen molar-refractivity contribution in [3.05, 3.63) is 59.7 Å². The van der Waals surface area contributed by atoms with Gasteiger partial charge in [0.15, 0.2) is 0 Å². The standard InChI is InChI=1S/C29H41N3O5/c1-9-19(4)24(31-28(36)37-29(6,7)8)27(35)32(18(2)3)25(21-15-11-13-17-23(21)33)26(34)30-22-16-12-10-14-20(22)5/h10-19,24-25,33H,9H2,1-8H3,(H,30,34)(H,31,36). The Labute approximate surface area is 220 Å². The molecule has 3 atom stereocenters. The maximum Gasteiger partial charge on any atom is 0.408 e. The van der Waals surface area contributed by atoms with E-state index in [0.29, 0.717) is 12.1 Å². The summed E-state index contributed by atoms with van der Waals surface area (Å²) in [6.07, 6.45) is -0.104. The highest BCUT2D eigenvalue weighted by Gasteiger charge is 2.40. The molecule has 3 amide bonds. The van der Waals surface area contributed by atoms with Crippen molar-refractivity contribution in [2.75, 3.05) is 5.32 Å². The van der Waals surface area contributed by atoms with Gasteiger partial charge in [-0.3, -0.25) is 9.59 Å². The fourth-order valence-corrected chi connectivity index (χ4v) is 4.01. The van der Waals surface area contributed by atoms with Gasteiger partial charge in [0.25, 0.3) is 5.91 Å². The summed E-state index contributed by atoms with van der Waals surface area (Å²) < 4.78 is 5.42. The lowest BCUT2D eigenvalue weighted by atomic mass is 9.94. The van der Waals surface area contributed by atoms with Crippen LogP contribution < -0.4 is 10.6 Å². The number of phenolic OH excluding ortho intramolecular Hbond substituents is 1. The van der Waals surface area contributed by atoms with Crippen molar-refractivity contribution < 1.29 is 24.2 Å².